The minimum absolute atomic E-state index is 0.171. The second-order valence-corrected chi connectivity index (χ2v) is 6.71. The number of para-hydroxylation sites is 1. The molecule has 0 amide bonds. The second kappa shape index (κ2) is 6.67. The molecular formula is C13H18F2N2O3S. The number of piperidine rings is 1. The van der Waals surface area contributed by atoms with Crippen LogP contribution in [0.1, 0.15) is 13.3 Å². The van der Waals surface area contributed by atoms with Gasteiger partial charge in [0, 0.05) is 12.6 Å². The average molecular weight is 320 g/mol. The van der Waals surface area contributed by atoms with Crippen molar-refractivity contribution in [2.45, 2.75) is 30.9 Å². The maximum absolute atomic E-state index is 12.4. The summed E-state index contributed by atoms with van der Waals surface area (Å²) in [6.45, 7) is 0.231. The van der Waals surface area contributed by atoms with E-state index in [0.717, 1.165) is 13.0 Å². The van der Waals surface area contributed by atoms with Crippen LogP contribution < -0.4 is 14.8 Å². The van der Waals surface area contributed by atoms with Gasteiger partial charge >= 0.3 is 6.61 Å². The van der Waals surface area contributed by atoms with Gasteiger partial charge in [-0.1, -0.05) is 19.1 Å². The molecule has 1 aromatic carbocycles. The fourth-order valence-electron chi connectivity index (χ4n) is 2.28. The van der Waals surface area contributed by atoms with Crippen molar-refractivity contribution in [2.75, 3.05) is 13.1 Å². The van der Waals surface area contributed by atoms with Crippen molar-refractivity contribution in [1.29, 1.82) is 0 Å². The van der Waals surface area contributed by atoms with Crippen LogP contribution in [0, 0.1) is 5.92 Å². The lowest BCUT2D eigenvalue weighted by Crippen LogP contribution is -2.50. The van der Waals surface area contributed by atoms with Crippen LogP contribution in [0.25, 0.3) is 0 Å². The summed E-state index contributed by atoms with van der Waals surface area (Å²) in [4.78, 5) is -0.275. The van der Waals surface area contributed by atoms with E-state index in [1.165, 1.54) is 24.3 Å². The third-order valence-corrected chi connectivity index (χ3v) is 5.02. The molecule has 2 N–H and O–H groups in total. The van der Waals surface area contributed by atoms with Crippen LogP contribution in [-0.2, 0) is 10.0 Å². The van der Waals surface area contributed by atoms with E-state index in [1.807, 2.05) is 6.92 Å². The van der Waals surface area contributed by atoms with Gasteiger partial charge in [0.15, 0.2) is 0 Å². The predicted molar refractivity (Wildman–Crippen MR) is 73.8 cm³/mol. The van der Waals surface area contributed by atoms with E-state index in [4.69, 9.17) is 0 Å². The first-order valence-corrected chi connectivity index (χ1v) is 8.15. The molecule has 1 fully saturated rings. The van der Waals surface area contributed by atoms with Crippen molar-refractivity contribution in [2.24, 2.45) is 5.92 Å². The molecule has 2 rings (SSSR count). The van der Waals surface area contributed by atoms with E-state index in [0.29, 0.717) is 6.54 Å². The maximum Gasteiger partial charge on any atom is 0.387 e. The highest BCUT2D eigenvalue weighted by atomic mass is 32.2. The lowest BCUT2D eigenvalue weighted by molar-refractivity contribution is -0.0517. The highest BCUT2D eigenvalue weighted by molar-refractivity contribution is 7.89. The lowest BCUT2D eigenvalue weighted by atomic mass is 9.96. The Morgan fingerprint density at radius 1 is 1.38 bits per heavy atom. The molecule has 0 aromatic heterocycles. The number of benzene rings is 1. The highest BCUT2D eigenvalue weighted by Crippen LogP contribution is 2.26. The number of hydrogen-bond acceptors (Lipinski definition) is 4. The van der Waals surface area contributed by atoms with Gasteiger partial charge in [0.25, 0.3) is 0 Å². The molecule has 118 valence electrons. The smallest absolute Gasteiger partial charge is 0.387 e. The van der Waals surface area contributed by atoms with Gasteiger partial charge in [-0.05, 0) is 31.0 Å². The quantitative estimate of drug-likeness (QED) is 0.864. The molecule has 21 heavy (non-hydrogen) atoms. The van der Waals surface area contributed by atoms with Gasteiger partial charge in [-0.15, -0.1) is 0 Å². The highest BCUT2D eigenvalue weighted by Gasteiger charge is 2.28. The molecule has 0 aliphatic carbocycles. The van der Waals surface area contributed by atoms with Crippen LogP contribution in [0.3, 0.4) is 0 Å². The Balaban J connectivity index is 2.23. The first kappa shape index (κ1) is 16.1. The van der Waals surface area contributed by atoms with Gasteiger partial charge < -0.3 is 10.1 Å². The number of nitrogens with one attached hydrogen (secondary N) is 2. The van der Waals surface area contributed by atoms with Crippen molar-refractivity contribution in [3.8, 4) is 5.75 Å². The van der Waals surface area contributed by atoms with Crippen LogP contribution in [0.4, 0.5) is 8.78 Å². The molecule has 2 unspecified atom stereocenters. The summed E-state index contributed by atoms with van der Waals surface area (Å²) in [5, 5.41) is 3.11. The Bertz CT molecular complexity index is 581. The molecule has 8 heteroatoms. The molecule has 1 heterocycles. The lowest BCUT2D eigenvalue weighted by Gasteiger charge is -2.30. The molecule has 0 bridgehead atoms. The van der Waals surface area contributed by atoms with Crippen LogP contribution >= 0.6 is 0 Å². The Kier molecular flexibility index (Phi) is 5.13. The molecule has 1 aliphatic heterocycles. The van der Waals surface area contributed by atoms with Crippen LogP contribution in [0.5, 0.6) is 5.75 Å². The zero-order valence-electron chi connectivity index (χ0n) is 11.6. The SMILES string of the molecule is CC1CCNCC1NS(=O)(=O)c1ccccc1OC(F)F. The van der Waals surface area contributed by atoms with Gasteiger partial charge in [0.1, 0.15) is 10.6 Å². The van der Waals surface area contributed by atoms with Crippen molar-refractivity contribution in [1.82, 2.24) is 10.0 Å². The summed E-state index contributed by atoms with van der Waals surface area (Å²) in [6.07, 6.45) is 0.850. The summed E-state index contributed by atoms with van der Waals surface area (Å²) in [7, 11) is -3.92. The summed E-state index contributed by atoms with van der Waals surface area (Å²) in [6, 6.07) is 5.10. The Morgan fingerprint density at radius 3 is 2.76 bits per heavy atom. The van der Waals surface area contributed by atoms with E-state index >= 15 is 0 Å². The van der Waals surface area contributed by atoms with E-state index in [-0.39, 0.29) is 22.6 Å². The topological polar surface area (TPSA) is 67.4 Å². The molecular weight excluding hydrogens is 302 g/mol. The standard InChI is InChI=1S/C13H18F2N2O3S/c1-9-6-7-16-8-10(9)17-21(18,19)12-5-3-2-4-11(12)20-13(14)15/h2-5,9-10,13,16-17H,6-8H2,1H3. The summed E-state index contributed by atoms with van der Waals surface area (Å²) in [5.74, 6) is -0.180. The molecule has 0 radical (unpaired) electrons. The van der Waals surface area contributed by atoms with Gasteiger partial charge in [0.05, 0.1) is 0 Å². The van der Waals surface area contributed by atoms with Crippen LogP contribution in [-0.4, -0.2) is 34.2 Å². The summed E-state index contributed by atoms with van der Waals surface area (Å²) >= 11 is 0. The third-order valence-electron chi connectivity index (χ3n) is 3.49. The summed E-state index contributed by atoms with van der Waals surface area (Å²) in [5.41, 5.74) is 0. The Morgan fingerprint density at radius 2 is 2.10 bits per heavy atom. The largest absolute Gasteiger partial charge is 0.433 e. The maximum atomic E-state index is 12.4. The minimum atomic E-state index is -3.92. The molecule has 5 nitrogen and oxygen atoms in total. The molecule has 1 saturated heterocycles. The first-order chi connectivity index (χ1) is 9.90. The predicted octanol–water partition coefficient (Wildman–Crippen LogP) is 1.56. The molecule has 0 spiro atoms. The fraction of sp³-hybridized carbons (Fsp3) is 0.538. The minimum Gasteiger partial charge on any atom is -0.433 e. The molecule has 1 aliphatic rings. The monoisotopic (exact) mass is 320 g/mol. The van der Waals surface area contributed by atoms with Crippen LogP contribution in [0.15, 0.2) is 29.2 Å². The van der Waals surface area contributed by atoms with Gasteiger partial charge in [-0.25, -0.2) is 13.1 Å². The number of halogens is 2. The first-order valence-electron chi connectivity index (χ1n) is 6.67. The third kappa shape index (κ3) is 4.12. The molecule has 1 aromatic rings. The van der Waals surface area contributed by atoms with Crippen LogP contribution in [0.2, 0.25) is 0 Å². The number of sulfonamides is 1. The van der Waals surface area contributed by atoms with Crippen molar-refractivity contribution in [3.63, 3.8) is 0 Å². The van der Waals surface area contributed by atoms with Gasteiger partial charge in [-0.2, -0.15) is 8.78 Å². The van der Waals surface area contributed by atoms with Crippen molar-refractivity contribution in [3.05, 3.63) is 24.3 Å². The second-order valence-electron chi connectivity index (χ2n) is 5.02. The van der Waals surface area contributed by atoms with E-state index in [9.17, 15) is 17.2 Å². The number of rotatable bonds is 5. The fourth-order valence-corrected chi connectivity index (χ4v) is 3.76. The molecule has 0 saturated carbocycles. The van der Waals surface area contributed by atoms with E-state index < -0.39 is 16.6 Å². The normalized spacial score (nSPS) is 23.2. The van der Waals surface area contributed by atoms with E-state index in [1.54, 1.807) is 0 Å². The average Bonchev–Trinajstić information content (AvgIpc) is 2.41. The Labute approximate surface area is 122 Å². The zero-order valence-corrected chi connectivity index (χ0v) is 12.4. The van der Waals surface area contributed by atoms with Crippen molar-refractivity contribution < 1.29 is 21.9 Å². The number of hydrogen-bond donors (Lipinski definition) is 2. The summed E-state index contributed by atoms with van der Waals surface area (Å²) < 4.78 is 56.3. The molecule has 2 atom stereocenters. The number of alkyl halides is 2. The van der Waals surface area contributed by atoms with E-state index in [2.05, 4.69) is 14.8 Å². The van der Waals surface area contributed by atoms with Gasteiger partial charge in [0.2, 0.25) is 10.0 Å². The zero-order chi connectivity index (χ0) is 15.5. The van der Waals surface area contributed by atoms with Gasteiger partial charge in [-0.3, -0.25) is 0 Å². The number of ether oxygens (including phenoxy) is 1. The van der Waals surface area contributed by atoms with Crippen molar-refractivity contribution >= 4 is 10.0 Å². The Hall–Kier alpha value is -1.25.